The second-order valence-corrected chi connectivity index (χ2v) is 4.57. The summed E-state index contributed by atoms with van der Waals surface area (Å²) in [5.41, 5.74) is 3.49. The summed E-state index contributed by atoms with van der Waals surface area (Å²) in [6.45, 7) is 4.96. The van der Waals surface area contributed by atoms with Gasteiger partial charge in [0.25, 0.3) is 0 Å². The van der Waals surface area contributed by atoms with Crippen LogP contribution in [-0.2, 0) is 6.54 Å². The molecule has 0 atom stereocenters. The molecule has 1 aromatic heterocycles. The van der Waals surface area contributed by atoms with Crippen LogP contribution in [0.15, 0.2) is 6.07 Å². The first-order valence-corrected chi connectivity index (χ1v) is 5.99. The molecule has 1 heterocycles. The lowest BCUT2D eigenvalue weighted by atomic mass is 9.96. The molecule has 0 spiro atoms. The van der Waals surface area contributed by atoms with Crippen molar-refractivity contribution in [1.82, 2.24) is 10.3 Å². The second-order valence-electron chi connectivity index (χ2n) is 4.57. The number of aryl methyl sites for hydroxylation is 2. The monoisotopic (exact) mass is 220 g/mol. The molecule has 88 valence electrons. The Morgan fingerprint density at radius 3 is 2.75 bits per heavy atom. The number of aromatic nitrogens is 1. The van der Waals surface area contributed by atoms with Crippen molar-refractivity contribution in [2.45, 2.75) is 45.8 Å². The van der Waals surface area contributed by atoms with E-state index in [2.05, 4.69) is 23.3 Å². The molecule has 1 aromatic rings. The summed E-state index contributed by atoms with van der Waals surface area (Å²) in [7, 11) is 1.95. The van der Waals surface area contributed by atoms with Gasteiger partial charge in [-0.05, 0) is 51.8 Å². The molecule has 1 aliphatic rings. The smallest absolute Gasteiger partial charge is 0.218 e. The Balaban J connectivity index is 2.24. The van der Waals surface area contributed by atoms with Crippen LogP contribution < -0.4 is 10.1 Å². The van der Waals surface area contributed by atoms with Crippen LogP contribution in [0.2, 0.25) is 0 Å². The first kappa shape index (κ1) is 11.4. The SMILES string of the molecule is CNCc1c(C)cc(C)nc1OC1CCC1. The fraction of sp³-hybridized carbons (Fsp3) is 0.615. The van der Waals surface area contributed by atoms with Gasteiger partial charge in [-0.2, -0.15) is 0 Å². The van der Waals surface area contributed by atoms with E-state index in [1.807, 2.05) is 14.0 Å². The number of ether oxygens (including phenoxy) is 1. The lowest BCUT2D eigenvalue weighted by molar-refractivity contribution is 0.113. The van der Waals surface area contributed by atoms with Crippen molar-refractivity contribution in [3.05, 3.63) is 22.9 Å². The van der Waals surface area contributed by atoms with Crippen molar-refractivity contribution < 1.29 is 4.74 Å². The largest absolute Gasteiger partial charge is 0.474 e. The van der Waals surface area contributed by atoms with Gasteiger partial charge in [-0.1, -0.05) is 0 Å². The number of hydrogen-bond donors (Lipinski definition) is 1. The zero-order chi connectivity index (χ0) is 11.5. The Morgan fingerprint density at radius 1 is 1.44 bits per heavy atom. The van der Waals surface area contributed by atoms with Gasteiger partial charge in [0.1, 0.15) is 6.10 Å². The third-order valence-electron chi connectivity index (χ3n) is 3.12. The van der Waals surface area contributed by atoms with Crippen LogP contribution in [-0.4, -0.2) is 18.1 Å². The third kappa shape index (κ3) is 2.35. The van der Waals surface area contributed by atoms with E-state index in [0.29, 0.717) is 6.10 Å². The van der Waals surface area contributed by atoms with Crippen LogP contribution >= 0.6 is 0 Å². The van der Waals surface area contributed by atoms with Gasteiger partial charge in [0.2, 0.25) is 5.88 Å². The minimum Gasteiger partial charge on any atom is -0.474 e. The van der Waals surface area contributed by atoms with E-state index < -0.39 is 0 Å². The molecule has 3 heteroatoms. The van der Waals surface area contributed by atoms with Crippen LogP contribution in [0.25, 0.3) is 0 Å². The van der Waals surface area contributed by atoms with E-state index in [1.54, 1.807) is 0 Å². The van der Waals surface area contributed by atoms with Gasteiger partial charge in [0, 0.05) is 17.8 Å². The molecular formula is C13H20N2O. The fourth-order valence-electron chi connectivity index (χ4n) is 1.96. The highest BCUT2D eigenvalue weighted by atomic mass is 16.5. The van der Waals surface area contributed by atoms with Crippen molar-refractivity contribution >= 4 is 0 Å². The minimum atomic E-state index is 0.393. The molecule has 0 radical (unpaired) electrons. The molecule has 0 unspecified atom stereocenters. The molecule has 0 bridgehead atoms. The van der Waals surface area contributed by atoms with E-state index in [1.165, 1.54) is 30.4 Å². The molecule has 3 nitrogen and oxygen atoms in total. The van der Waals surface area contributed by atoms with Gasteiger partial charge in [0.15, 0.2) is 0 Å². The maximum Gasteiger partial charge on any atom is 0.218 e. The first-order chi connectivity index (χ1) is 7.70. The zero-order valence-electron chi connectivity index (χ0n) is 10.3. The van der Waals surface area contributed by atoms with Crippen molar-refractivity contribution in [2.75, 3.05) is 7.05 Å². The molecule has 0 aliphatic heterocycles. The Labute approximate surface area is 97.2 Å². The number of nitrogens with one attached hydrogen (secondary N) is 1. The Morgan fingerprint density at radius 2 is 2.19 bits per heavy atom. The predicted molar refractivity (Wildman–Crippen MR) is 64.7 cm³/mol. The molecule has 0 saturated heterocycles. The topological polar surface area (TPSA) is 34.2 Å². The molecule has 1 fully saturated rings. The van der Waals surface area contributed by atoms with E-state index in [4.69, 9.17) is 4.74 Å². The molecular weight excluding hydrogens is 200 g/mol. The maximum atomic E-state index is 5.94. The van der Waals surface area contributed by atoms with Gasteiger partial charge in [0.05, 0.1) is 0 Å². The molecule has 0 aromatic carbocycles. The predicted octanol–water partition coefficient (Wildman–Crippen LogP) is 2.35. The average molecular weight is 220 g/mol. The van der Waals surface area contributed by atoms with Gasteiger partial charge >= 0.3 is 0 Å². The summed E-state index contributed by atoms with van der Waals surface area (Å²) in [4.78, 5) is 4.51. The summed E-state index contributed by atoms with van der Waals surface area (Å²) in [5.74, 6) is 0.830. The number of pyridine rings is 1. The molecule has 0 amide bonds. The Kier molecular flexibility index (Phi) is 3.44. The molecule has 1 saturated carbocycles. The van der Waals surface area contributed by atoms with Crippen LogP contribution in [0.1, 0.15) is 36.1 Å². The van der Waals surface area contributed by atoms with Crippen molar-refractivity contribution in [2.24, 2.45) is 0 Å². The van der Waals surface area contributed by atoms with Crippen molar-refractivity contribution in [1.29, 1.82) is 0 Å². The van der Waals surface area contributed by atoms with Crippen LogP contribution in [0.5, 0.6) is 5.88 Å². The highest BCUT2D eigenvalue weighted by Crippen LogP contribution is 2.28. The van der Waals surface area contributed by atoms with Crippen LogP contribution in [0.3, 0.4) is 0 Å². The highest BCUT2D eigenvalue weighted by molar-refractivity contribution is 5.36. The Hall–Kier alpha value is -1.09. The molecule has 2 rings (SSSR count). The first-order valence-electron chi connectivity index (χ1n) is 5.99. The van der Waals surface area contributed by atoms with E-state index in [0.717, 1.165) is 18.1 Å². The van der Waals surface area contributed by atoms with Crippen LogP contribution in [0.4, 0.5) is 0 Å². The summed E-state index contributed by atoms with van der Waals surface area (Å²) >= 11 is 0. The summed E-state index contributed by atoms with van der Waals surface area (Å²) in [6, 6.07) is 2.11. The van der Waals surface area contributed by atoms with Gasteiger partial charge < -0.3 is 10.1 Å². The summed E-state index contributed by atoms with van der Waals surface area (Å²) in [5, 5.41) is 3.17. The van der Waals surface area contributed by atoms with Gasteiger partial charge in [-0.3, -0.25) is 0 Å². The fourth-order valence-corrected chi connectivity index (χ4v) is 1.96. The molecule has 16 heavy (non-hydrogen) atoms. The summed E-state index contributed by atoms with van der Waals surface area (Å²) < 4.78 is 5.94. The van der Waals surface area contributed by atoms with Gasteiger partial charge in [-0.25, -0.2) is 4.98 Å². The standard InChI is InChI=1S/C13H20N2O/c1-9-7-10(2)15-13(12(9)8-14-3)16-11-5-4-6-11/h7,11,14H,4-6,8H2,1-3H3. The van der Waals surface area contributed by atoms with Crippen molar-refractivity contribution in [3.8, 4) is 5.88 Å². The summed E-state index contributed by atoms with van der Waals surface area (Å²) in [6.07, 6.45) is 4.03. The lowest BCUT2D eigenvalue weighted by Gasteiger charge is -2.27. The zero-order valence-corrected chi connectivity index (χ0v) is 10.3. The maximum absolute atomic E-state index is 5.94. The number of hydrogen-bond acceptors (Lipinski definition) is 3. The molecule has 1 N–H and O–H groups in total. The van der Waals surface area contributed by atoms with E-state index >= 15 is 0 Å². The van der Waals surface area contributed by atoms with Gasteiger partial charge in [-0.15, -0.1) is 0 Å². The normalized spacial score (nSPS) is 15.9. The average Bonchev–Trinajstić information content (AvgIpc) is 2.16. The minimum absolute atomic E-state index is 0.393. The lowest BCUT2D eigenvalue weighted by Crippen LogP contribution is -2.26. The van der Waals surface area contributed by atoms with E-state index in [9.17, 15) is 0 Å². The number of nitrogens with zero attached hydrogens (tertiary/aromatic N) is 1. The molecule has 1 aliphatic carbocycles. The Bertz CT molecular complexity index is 372. The van der Waals surface area contributed by atoms with E-state index in [-0.39, 0.29) is 0 Å². The second kappa shape index (κ2) is 4.83. The quantitative estimate of drug-likeness (QED) is 0.845. The number of rotatable bonds is 4. The van der Waals surface area contributed by atoms with Crippen LogP contribution in [0, 0.1) is 13.8 Å². The third-order valence-corrected chi connectivity index (χ3v) is 3.12. The highest BCUT2D eigenvalue weighted by Gasteiger charge is 2.21. The van der Waals surface area contributed by atoms with Crippen molar-refractivity contribution in [3.63, 3.8) is 0 Å².